The molecule has 8 heteroatoms. The number of nitrogens with zero attached hydrogens (tertiary/aromatic N) is 3. The molecule has 17 aromatic rings. The summed E-state index contributed by atoms with van der Waals surface area (Å²) in [7, 11) is -6.11. The van der Waals surface area contributed by atoms with Gasteiger partial charge in [-0.1, -0.05) is 291 Å². The molecule has 0 radical (unpaired) electrons. The van der Waals surface area contributed by atoms with E-state index in [2.05, 4.69) is 366 Å². The largest absolute Gasteiger partial charge is 0.416 e. The molecule has 15 aromatic carbocycles. The molecule has 0 aliphatic carbocycles. The predicted octanol–water partition coefficient (Wildman–Crippen LogP) is 18.5. The normalized spacial score (nSPS) is 12.0. The molecule has 0 amide bonds. The van der Waals surface area contributed by atoms with Crippen molar-refractivity contribution in [2.45, 2.75) is 6.18 Å². The topological polar surface area (TPSA) is 13.1 Å². The third-order valence-electron chi connectivity index (χ3n) is 20.0. The van der Waals surface area contributed by atoms with Gasteiger partial charge in [0.15, 0.2) is 16.1 Å². The first-order valence-corrected chi connectivity index (χ1v) is 37.5. The molecule has 0 bridgehead atoms. The minimum Gasteiger partial charge on any atom is -0.310 e. The van der Waals surface area contributed by atoms with E-state index in [1.54, 1.807) is 12.1 Å². The first-order chi connectivity index (χ1) is 48.7. The number of hydrogen-bond acceptors (Lipinski definition) is 1. The first-order valence-electron chi connectivity index (χ1n) is 33.5. The lowest BCUT2D eigenvalue weighted by Crippen LogP contribution is -2.74. The maximum atomic E-state index is 14.8. The zero-order valence-electron chi connectivity index (χ0n) is 53.9. The highest BCUT2D eigenvalue weighted by Gasteiger charge is 2.43. The molecular formula is C91H64F3N3Si2. The van der Waals surface area contributed by atoms with Crippen LogP contribution in [0.3, 0.4) is 0 Å². The van der Waals surface area contributed by atoms with E-state index < -0.39 is 27.9 Å². The molecule has 2 heterocycles. The lowest BCUT2D eigenvalue weighted by Gasteiger charge is -2.34. The van der Waals surface area contributed by atoms with Crippen LogP contribution in [0.5, 0.6) is 0 Å². The van der Waals surface area contributed by atoms with Crippen LogP contribution in [0.2, 0.25) is 0 Å². The van der Waals surface area contributed by atoms with Gasteiger partial charge in [0.1, 0.15) is 0 Å². The predicted molar refractivity (Wildman–Crippen MR) is 413 cm³/mol. The molecule has 2 aromatic heterocycles. The Morgan fingerprint density at radius 2 is 0.475 bits per heavy atom. The van der Waals surface area contributed by atoms with Gasteiger partial charge in [-0.05, 0) is 161 Å². The molecule has 0 aliphatic rings. The van der Waals surface area contributed by atoms with Crippen molar-refractivity contribution >= 4 is 118 Å². The summed E-state index contributed by atoms with van der Waals surface area (Å²) in [5.41, 5.74) is 12.0. The van der Waals surface area contributed by atoms with E-state index in [9.17, 15) is 13.2 Å². The van der Waals surface area contributed by atoms with Crippen LogP contribution in [0.25, 0.3) is 77.2 Å². The quantitative estimate of drug-likeness (QED) is 0.0736. The average molecular weight is 1310 g/mol. The van der Waals surface area contributed by atoms with Gasteiger partial charge in [0.05, 0.1) is 27.6 Å². The van der Waals surface area contributed by atoms with E-state index >= 15 is 0 Å². The van der Waals surface area contributed by atoms with Gasteiger partial charge in [0.25, 0.3) is 0 Å². The van der Waals surface area contributed by atoms with Gasteiger partial charge in [-0.25, -0.2) is 0 Å². The van der Waals surface area contributed by atoms with Crippen molar-refractivity contribution in [1.29, 1.82) is 0 Å². The number of rotatable bonds is 15. The molecule has 0 unspecified atom stereocenters. The Hall–Kier alpha value is -12.1. The fourth-order valence-electron chi connectivity index (χ4n) is 15.6. The molecule has 0 saturated carbocycles. The molecule has 0 N–H and O–H groups in total. The molecule has 0 fully saturated rings. The Kier molecular flexibility index (Phi) is 15.4. The van der Waals surface area contributed by atoms with Gasteiger partial charge in [-0.15, -0.1) is 0 Å². The smallest absolute Gasteiger partial charge is 0.310 e. The molecule has 99 heavy (non-hydrogen) atoms. The molecule has 3 nitrogen and oxygen atoms in total. The summed E-state index contributed by atoms with van der Waals surface area (Å²) in [5.74, 6) is 0. The zero-order chi connectivity index (χ0) is 66.5. The lowest BCUT2D eigenvalue weighted by atomic mass is 10.1. The molecule has 0 atom stereocenters. The van der Waals surface area contributed by atoms with Crippen molar-refractivity contribution in [3.63, 3.8) is 0 Å². The summed E-state index contributed by atoms with van der Waals surface area (Å²) in [5, 5.41) is 14.1. The van der Waals surface area contributed by atoms with Crippen molar-refractivity contribution in [2.24, 2.45) is 0 Å². The summed E-state index contributed by atoms with van der Waals surface area (Å²) < 4.78 is 49.1. The zero-order valence-corrected chi connectivity index (χ0v) is 55.9. The van der Waals surface area contributed by atoms with E-state index in [0.29, 0.717) is 5.69 Å². The highest BCUT2D eigenvalue weighted by atomic mass is 28.3. The van der Waals surface area contributed by atoms with Crippen LogP contribution in [-0.4, -0.2) is 25.3 Å². The van der Waals surface area contributed by atoms with E-state index in [1.807, 2.05) is 12.1 Å². The molecule has 0 aliphatic heterocycles. The maximum Gasteiger partial charge on any atom is 0.416 e. The van der Waals surface area contributed by atoms with Crippen LogP contribution in [0.1, 0.15) is 5.56 Å². The fourth-order valence-corrected chi connectivity index (χ4v) is 25.1. The highest BCUT2D eigenvalue weighted by Crippen LogP contribution is 2.44. The SMILES string of the molecule is FC(F)(F)c1ccc(N(c2ccc3c(c2)c2cc([Si](c4ccccc4)(c4ccccc4)c4ccccc4)ccc2n3-c2ccc(-c3ccccc3)cc2)c2ccc3c(c2)c2cc([Si](c4ccccc4)(c4ccccc4)c4ccccc4)ccc2n3-c2ccc(-c3ccccc3)cc2)cc1. The van der Waals surface area contributed by atoms with E-state index in [0.717, 1.165) is 88.6 Å². The number of alkyl halides is 3. The van der Waals surface area contributed by atoms with Crippen molar-refractivity contribution in [2.75, 3.05) is 4.90 Å². The molecule has 17 rings (SSSR count). The summed E-state index contributed by atoms with van der Waals surface area (Å²) in [6, 6.07) is 137. The van der Waals surface area contributed by atoms with Crippen LogP contribution in [-0.2, 0) is 6.18 Å². The maximum absolute atomic E-state index is 14.8. The number of hydrogen-bond donors (Lipinski definition) is 0. The number of benzene rings is 15. The second-order valence-electron chi connectivity index (χ2n) is 25.4. The van der Waals surface area contributed by atoms with Gasteiger partial charge in [-0.3, -0.25) is 0 Å². The van der Waals surface area contributed by atoms with Gasteiger partial charge in [0, 0.05) is 50.0 Å². The number of anilines is 3. The van der Waals surface area contributed by atoms with Crippen LogP contribution < -0.4 is 46.4 Å². The Morgan fingerprint density at radius 1 is 0.222 bits per heavy atom. The van der Waals surface area contributed by atoms with Crippen molar-refractivity contribution in [3.8, 4) is 33.6 Å². The highest BCUT2D eigenvalue weighted by molar-refractivity contribution is 7.20. The number of aromatic nitrogens is 2. The Labute approximate surface area is 575 Å². The Bertz CT molecular complexity index is 5190. The lowest BCUT2D eigenvalue weighted by molar-refractivity contribution is -0.137. The van der Waals surface area contributed by atoms with Crippen molar-refractivity contribution in [1.82, 2.24) is 9.13 Å². The van der Waals surface area contributed by atoms with Crippen LogP contribution >= 0.6 is 0 Å². The second kappa shape index (κ2) is 25.2. The minimum atomic E-state index is -4.55. The summed E-state index contributed by atoms with van der Waals surface area (Å²) in [4.78, 5) is 2.14. The Morgan fingerprint density at radius 3 is 0.768 bits per heavy atom. The van der Waals surface area contributed by atoms with E-state index in [-0.39, 0.29) is 0 Å². The number of fused-ring (bicyclic) bond motifs is 6. The van der Waals surface area contributed by atoms with Crippen molar-refractivity contribution < 1.29 is 13.2 Å². The van der Waals surface area contributed by atoms with Gasteiger partial charge in [-0.2, -0.15) is 13.2 Å². The average Bonchev–Trinajstić information content (AvgIpc) is 1.61. The Balaban J connectivity index is 0.929. The molecular weight excluding hydrogens is 1250 g/mol. The minimum absolute atomic E-state index is 0.580. The summed E-state index contributed by atoms with van der Waals surface area (Å²) >= 11 is 0. The van der Waals surface area contributed by atoms with Gasteiger partial charge >= 0.3 is 6.18 Å². The van der Waals surface area contributed by atoms with Crippen molar-refractivity contribution in [3.05, 3.63) is 394 Å². The summed E-state index contributed by atoms with van der Waals surface area (Å²) in [6.07, 6.45) is -4.55. The standard InChI is InChI=1S/C91H64F3N3Si2/c92-91(93,94)69-45-51-70(52-46-69)95(73-53-57-87-83(61-73)85-63-81(55-59-89(85)96(87)71-47-41-67(42-48-71)65-25-9-1-10-26-65)98(75-29-13-3-14-30-75,76-31-15-4-16-32-76)77-33-17-5-18-34-77)74-54-58-88-84(62-74)86-64-82(56-60-90(86)97(88)72-49-43-68(44-50-72)66-27-11-2-12-28-66)99(78-35-19-6-20-36-78,79-37-21-7-22-38-79)80-39-23-8-24-40-80/h1-64H. The monoisotopic (exact) mass is 1310 g/mol. The molecule has 0 spiro atoms. The number of halogens is 3. The van der Waals surface area contributed by atoms with E-state index in [4.69, 9.17) is 0 Å². The van der Waals surface area contributed by atoms with Crippen LogP contribution in [0.4, 0.5) is 30.2 Å². The molecule has 0 saturated heterocycles. The third-order valence-corrected chi connectivity index (χ3v) is 29.6. The first kappa shape index (κ1) is 60.6. The third kappa shape index (κ3) is 10.5. The van der Waals surface area contributed by atoms with Gasteiger partial charge in [0.2, 0.25) is 0 Å². The summed E-state index contributed by atoms with van der Waals surface area (Å²) in [6.45, 7) is 0. The van der Waals surface area contributed by atoms with Gasteiger partial charge < -0.3 is 14.0 Å². The van der Waals surface area contributed by atoms with Crippen LogP contribution in [0, 0.1) is 0 Å². The molecule has 472 valence electrons. The van der Waals surface area contributed by atoms with Crippen LogP contribution in [0.15, 0.2) is 388 Å². The van der Waals surface area contributed by atoms with E-state index in [1.165, 1.54) is 53.6 Å². The second-order valence-corrected chi connectivity index (χ2v) is 33.1. The fraction of sp³-hybridized carbons (Fsp3) is 0.0110.